The summed E-state index contributed by atoms with van der Waals surface area (Å²) in [5, 5.41) is 10.7. The Morgan fingerprint density at radius 2 is 2.00 bits per heavy atom. The summed E-state index contributed by atoms with van der Waals surface area (Å²) in [4.78, 5) is 22.2. The number of nitrogens with one attached hydrogen (secondary N) is 1. The second-order valence-electron chi connectivity index (χ2n) is 4.05. The highest BCUT2D eigenvalue weighted by molar-refractivity contribution is 5.84. The van der Waals surface area contributed by atoms with Gasteiger partial charge in [-0.1, -0.05) is 6.07 Å². The van der Waals surface area contributed by atoms with Crippen molar-refractivity contribution in [2.45, 2.75) is 18.9 Å². The van der Waals surface area contributed by atoms with E-state index >= 15 is 0 Å². The smallest absolute Gasteiger partial charge is 0.326 e. The van der Waals surface area contributed by atoms with Crippen LogP contribution in [0.3, 0.4) is 0 Å². The number of hydrogen-bond acceptors (Lipinski definition) is 4. The van der Waals surface area contributed by atoms with Crippen molar-refractivity contribution in [1.29, 1.82) is 0 Å². The maximum Gasteiger partial charge on any atom is 0.326 e. The van der Waals surface area contributed by atoms with Crippen molar-refractivity contribution in [2.75, 3.05) is 13.7 Å². The van der Waals surface area contributed by atoms with Crippen LogP contribution in [0.15, 0.2) is 24.3 Å². The quantitative estimate of drug-likeness (QED) is 0.756. The van der Waals surface area contributed by atoms with Gasteiger partial charge < -0.3 is 19.9 Å². The number of carboxylic acids is 1. The molecule has 0 radical (unpaired) electrons. The molecular formula is C13H15F2NO5. The van der Waals surface area contributed by atoms with Crippen LogP contribution in [-0.2, 0) is 9.59 Å². The molecule has 8 heteroatoms. The Kier molecular flexibility index (Phi) is 6.38. The molecule has 0 bridgehead atoms. The van der Waals surface area contributed by atoms with E-state index < -0.39 is 37.4 Å². The maximum absolute atomic E-state index is 12.2. The summed E-state index contributed by atoms with van der Waals surface area (Å²) < 4.78 is 34.4. The molecule has 0 spiro atoms. The van der Waals surface area contributed by atoms with Gasteiger partial charge in [-0.25, -0.2) is 13.6 Å². The highest BCUT2D eigenvalue weighted by Gasteiger charge is 2.24. The average molecular weight is 303 g/mol. The number of methoxy groups -OCH3 is 1. The number of hydrogen-bond donors (Lipinski definition) is 2. The van der Waals surface area contributed by atoms with Crippen LogP contribution in [0, 0.1) is 0 Å². The minimum absolute atomic E-state index is 0.338. The van der Waals surface area contributed by atoms with Gasteiger partial charge in [-0.3, -0.25) is 4.79 Å². The lowest BCUT2D eigenvalue weighted by Gasteiger charge is -2.14. The van der Waals surface area contributed by atoms with Crippen LogP contribution in [0.5, 0.6) is 11.5 Å². The summed E-state index contributed by atoms with van der Waals surface area (Å²) in [6.07, 6.45) is -3.79. The van der Waals surface area contributed by atoms with Gasteiger partial charge >= 0.3 is 5.97 Å². The minimum atomic E-state index is -2.83. The number of benzene rings is 1. The molecule has 0 aliphatic rings. The normalized spacial score (nSPS) is 11.8. The van der Waals surface area contributed by atoms with Crippen LogP contribution in [0.25, 0.3) is 0 Å². The summed E-state index contributed by atoms with van der Waals surface area (Å²) in [6.45, 7) is -0.486. The molecule has 1 rings (SSSR count). The van der Waals surface area contributed by atoms with E-state index in [1.54, 1.807) is 18.2 Å². The first kappa shape index (κ1) is 16.7. The molecule has 0 fully saturated rings. The van der Waals surface area contributed by atoms with E-state index in [1.165, 1.54) is 13.2 Å². The third-order valence-electron chi connectivity index (χ3n) is 2.46. The van der Waals surface area contributed by atoms with E-state index in [2.05, 4.69) is 0 Å². The van der Waals surface area contributed by atoms with Crippen molar-refractivity contribution in [3.8, 4) is 11.5 Å². The van der Waals surface area contributed by atoms with Crippen molar-refractivity contribution in [1.82, 2.24) is 5.32 Å². The van der Waals surface area contributed by atoms with Gasteiger partial charge in [-0.05, 0) is 12.1 Å². The van der Waals surface area contributed by atoms with Gasteiger partial charge in [0.25, 0.3) is 5.91 Å². The number of rotatable bonds is 8. The molecule has 0 aromatic heterocycles. The van der Waals surface area contributed by atoms with Crippen LogP contribution in [0.1, 0.15) is 6.42 Å². The standard InChI is InChI=1S/C13H15F2NO5/c1-20-8-3-2-4-9(5-8)21-7-12(17)16-10(13(18)19)6-11(14)15/h2-5,10-11H,6-7H2,1H3,(H,16,17)(H,18,19). The first-order chi connectivity index (χ1) is 9.92. The van der Waals surface area contributed by atoms with E-state index in [4.69, 9.17) is 14.6 Å². The Bertz CT molecular complexity index is 495. The predicted octanol–water partition coefficient (Wildman–Crippen LogP) is 1.30. The molecule has 2 N–H and O–H groups in total. The first-order valence-corrected chi connectivity index (χ1v) is 5.99. The molecule has 1 amide bonds. The summed E-state index contributed by atoms with van der Waals surface area (Å²) in [6, 6.07) is 4.77. The molecule has 0 aliphatic carbocycles. The zero-order chi connectivity index (χ0) is 15.8. The zero-order valence-corrected chi connectivity index (χ0v) is 11.2. The van der Waals surface area contributed by atoms with Gasteiger partial charge in [0.05, 0.1) is 7.11 Å². The Labute approximate surface area is 119 Å². The summed E-state index contributed by atoms with van der Waals surface area (Å²) >= 11 is 0. The lowest BCUT2D eigenvalue weighted by Crippen LogP contribution is -2.44. The Morgan fingerprint density at radius 1 is 1.33 bits per heavy atom. The van der Waals surface area contributed by atoms with Crippen molar-refractivity contribution in [3.05, 3.63) is 24.3 Å². The van der Waals surface area contributed by atoms with Crippen LogP contribution < -0.4 is 14.8 Å². The second kappa shape index (κ2) is 8.03. The predicted molar refractivity (Wildman–Crippen MR) is 68.7 cm³/mol. The van der Waals surface area contributed by atoms with E-state index in [0.29, 0.717) is 11.5 Å². The number of ether oxygens (including phenoxy) is 2. The van der Waals surface area contributed by atoms with Crippen LogP contribution in [-0.4, -0.2) is 43.2 Å². The maximum atomic E-state index is 12.2. The van der Waals surface area contributed by atoms with Crippen molar-refractivity contribution >= 4 is 11.9 Å². The van der Waals surface area contributed by atoms with E-state index in [1.807, 2.05) is 5.32 Å². The summed E-state index contributed by atoms with van der Waals surface area (Å²) in [5.41, 5.74) is 0. The molecule has 1 aromatic carbocycles. The van der Waals surface area contributed by atoms with E-state index in [0.717, 1.165) is 0 Å². The lowest BCUT2D eigenvalue weighted by molar-refractivity contribution is -0.143. The fourth-order valence-electron chi connectivity index (χ4n) is 1.48. The number of alkyl halides is 2. The Morgan fingerprint density at radius 3 is 2.57 bits per heavy atom. The van der Waals surface area contributed by atoms with Crippen molar-refractivity contribution in [2.24, 2.45) is 0 Å². The first-order valence-electron chi connectivity index (χ1n) is 5.99. The van der Waals surface area contributed by atoms with E-state index in [9.17, 15) is 18.4 Å². The Hall–Kier alpha value is -2.38. The molecular weight excluding hydrogens is 288 g/mol. The molecule has 6 nitrogen and oxygen atoms in total. The number of amides is 1. The highest BCUT2D eigenvalue weighted by atomic mass is 19.3. The van der Waals surface area contributed by atoms with Crippen LogP contribution in [0.2, 0.25) is 0 Å². The van der Waals surface area contributed by atoms with Crippen molar-refractivity contribution in [3.63, 3.8) is 0 Å². The van der Waals surface area contributed by atoms with E-state index in [-0.39, 0.29) is 0 Å². The Balaban J connectivity index is 2.50. The van der Waals surface area contributed by atoms with Gasteiger partial charge in [0, 0.05) is 12.5 Å². The third-order valence-corrected chi connectivity index (χ3v) is 2.46. The molecule has 1 atom stereocenters. The zero-order valence-electron chi connectivity index (χ0n) is 11.2. The number of carbonyl (C=O) groups excluding carboxylic acids is 1. The molecule has 21 heavy (non-hydrogen) atoms. The SMILES string of the molecule is COc1cccc(OCC(=O)NC(CC(F)F)C(=O)O)c1. The number of aliphatic carboxylic acids is 1. The summed E-state index contributed by atoms with van der Waals surface area (Å²) in [7, 11) is 1.47. The average Bonchev–Trinajstić information content (AvgIpc) is 2.44. The molecule has 1 aromatic rings. The van der Waals surface area contributed by atoms with Gasteiger partial charge in [0.1, 0.15) is 17.5 Å². The number of carbonyl (C=O) groups is 2. The molecule has 0 saturated carbocycles. The number of carboxylic acid groups (broad SMARTS) is 1. The fraction of sp³-hybridized carbons (Fsp3) is 0.385. The highest BCUT2D eigenvalue weighted by Crippen LogP contribution is 2.18. The molecule has 1 unspecified atom stereocenters. The molecule has 0 aliphatic heterocycles. The number of halogens is 2. The topological polar surface area (TPSA) is 84.9 Å². The van der Waals surface area contributed by atoms with Gasteiger partial charge in [-0.15, -0.1) is 0 Å². The van der Waals surface area contributed by atoms with Crippen LogP contribution in [0.4, 0.5) is 8.78 Å². The van der Waals surface area contributed by atoms with Gasteiger partial charge in [-0.2, -0.15) is 0 Å². The fourth-order valence-corrected chi connectivity index (χ4v) is 1.48. The van der Waals surface area contributed by atoms with Crippen molar-refractivity contribution < 1.29 is 33.0 Å². The molecule has 0 saturated heterocycles. The molecule has 116 valence electrons. The summed E-state index contributed by atoms with van der Waals surface area (Å²) in [5.74, 6) is -1.46. The minimum Gasteiger partial charge on any atom is -0.497 e. The molecule has 0 heterocycles. The monoisotopic (exact) mass is 303 g/mol. The largest absolute Gasteiger partial charge is 0.497 e. The van der Waals surface area contributed by atoms with Crippen LogP contribution >= 0.6 is 0 Å². The van der Waals surface area contributed by atoms with Gasteiger partial charge in [0.15, 0.2) is 6.61 Å². The lowest BCUT2D eigenvalue weighted by atomic mass is 10.2. The van der Waals surface area contributed by atoms with Gasteiger partial charge in [0.2, 0.25) is 6.43 Å². The third kappa shape index (κ3) is 6.07. The second-order valence-corrected chi connectivity index (χ2v) is 4.05.